The number of benzene rings is 2. The highest BCUT2D eigenvalue weighted by atomic mass is 35.5. The molecule has 0 spiro atoms. The lowest BCUT2D eigenvalue weighted by molar-refractivity contribution is 0.103. The highest BCUT2D eigenvalue weighted by molar-refractivity contribution is 7.13. The number of aryl methyl sites for hydroxylation is 1. The molecule has 0 atom stereocenters. The largest absolute Gasteiger partial charge is 0.322 e. The average Bonchev–Trinajstić information content (AvgIpc) is 3.38. The molecule has 3 nitrogen and oxygen atoms in total. The van der Waals surface area contributed by atoms with Gasteiger partial charge in [-0.2, -0.15) is 0 Å². The molecule has 5 heteroatoms. The lowest BCUT2D eigenvalue weighted by atomic mass is 10.1. The van der Waals surface area contributed by atoms with Crippen molar-refractivity contribution >= 4 is 34.5 Å². The zero-order valence-corrected chi connectivity index (χ0v) is 16.9. The Hall–Kier alpha value is -2.82. The first-order valence-electron chi connectivity index (χ1n) is 9.07. The van der Waals surface area contributed by atoms with Crippen molar-refractivity contribution in [2.24, 2.45) is 0 Å². The van der Waals surface area contributed by atoms with Gasteiger partial charge in [0.25, 0.3) is 5.91 Å². The molecule has 2 aromatic carbocycles. The summed E-state index contributed by atoms with van der Waals surface area (Å²) in [7, 11) is 0. The molecule has 0 saturated heterocycles. The van der Waals surface area contributed by atoms with Gasteiger partial charge in [-0.05, 0) is 53.9 Å². The maximum Gasteiger partial charge on any atom is 0.267 e. The van der Waals surface area contributed by atoms with E-state index in [1.807, 2.05) is 76.9 Å². The molecule has 1 N–H and O–H groups in total. The number of carbonyl (C=O) groups is 1. The number of anilines is 1. The summed E-state index contributed by atoms with van der Waals surface area (Å²) in [6.07, 6.45) is 4.84. The minimum atomic E-state index is -0.109. The number of carbonyl (C=O) groups excluding carboxylic acids is 1. The highest BCUT2D eigenvalue weighted by Gasteiger charge is 2.20. The first kappa shape index (κ1) is 18.5. The fraction of sp³-hybridized carbons (Fsp3) is 0.0870. The summed E-state index contributed by atoms with van der Waals surface area (Å²) in [5.74, 6) is -0.109. The number of aromatic nitrogens is 1. The van der Waals surface area contributed by atoms with E-state index in [1.54, 1.807) is 0 Å². The van der Waals surface area contributed by atoms with Gasteiger partial charge in [-0.25, -0.2) is 0 Å². The van der Waals surface area contributed by atoms with Crippen LogP contribution in [0, 0.1) is 0 Å². The summed E-state index contributed by atoms with van der Waals surface area (Å²) < 4.78 is 1.98. The van der Waals surface area contributed by atoms with Crippen LogP contribution in [0.4, 0.5) is 5.69 Å². The van der Waals surface area contributed by atoms with Gasteiger partial charge in [0.2, 0.25) is 0 Å². The first-order valence-corrected chi connectivity index (χ1v) is 10.3. The zero-order valence-electron chi connectivity index (χ0n) is 15.4. The van der Waals surface area contributed by atoms with Gasteiger partial charge in [0.15, 0.2) is 0 Å². The molecule has 28 heavy (non-hydrogen) atoms. The number of thiophene rings is 1. The molecular formula is C23H19ClN2OS. The lowest BCUT2D eigenvalue weighted by Crippen LogP contribution is -2.13. The summed E-state index contributed by atoms with van der Waals surface area (Å²) in [6.45, 7) is 2.10. The summed E-state index contributed by atoms with van der Waals surface area (Å²) in [6, 6.07) is 19.5. The van der Waals surface area contributed by atoms with E-state index < -0.39 is 0 Å². The topological polar surface area (TPSA) is 34.0 Å². The van der Waals surface area contributed by atoms with Crippen molar-refractivity contribution in [2.45, 2.75) is 13.3 Å². The van der Waals surface area contributed by atoms with Gasteiger partial charge in [-0.15, -0.1) is 11.3 Å². The number of rotatable bonds is 5. The third kappa shape index (κ3) is 3.75. The molecule has 0 radical (unpaired) electrons. The Labute approximate surface area is 173 Å². The van der Waals surface area contributed by atoms with E-state index in [0.29, 0.717) is 9.90 Å². The summed E-state index contributed by atoms with van der Waals surface area (Å²) in [5.41, 5.74) is 4.91. The van der Waals surface area contributed by atoms with Crippen LogP contribution in [0.25, 0.3) is 16.8 Å². The van der Waals surface area contributed by atoms with Crippen molar-refractivity contribution in [3.05, 3.63) is 93.9 Å². The van der Waals surface area contributed by atoms with Crippen LogP contribution in [0.5, 0.6) is 0 Å². The molecule has 140 valence electrons. The van der Waals surface area contributed by atoms with Gasteiger partial charge < -0.3 is 9.88 Å². The predicted molar refractivity (Wildman–Crippen MR) is 118 cm³/mol. The van der Waals surface area contributed by atoms with Crippen LogP contribution in [0.2, 0.25) is 5.02 Å². The predicted octanol–water partition coefficient (Wildman–Crippen LogP) is 6.67. The molecule has 0 bridgehead atoms. The van der Waals surface area contributed by atoms with Crippen LogP contribution in [0.1, 0.15) is 22.2 Å². The minimum Gasteiger partial charge on any atom is -0.322 e. The van der Waals surface area contributed by atoms with E-state index in [-0.39, 0.29) is 5.91 Å². The molecule has 0 aliphatic heterocycles. The molecule has 2 heterocycles. The zero-order chi connectivity index (χ0) is 19.5. The minimum absolute atomic E-state index is 0.109. The van der Waals surface area contributed by atoms with E-state index in [2.05, 4.69) is 18.3 Å². The average molecular weight is 407 g/mol. The standard InChI is InChI=1S/C23H19ClN2OS/c1-2-16-6-5-7-19(14-16)25-23(27)22-21(26-12-3-4-13-26)20(15-28-22)17-8-10-18(24)11-9-17/h3-15H,2H2,1H3,(H,25,27). The van der Waals surface area contributed by atoms with Gasteiger partial charge in [0.1, 0.15) is 4.88 Å². The maximum atomic E-state index is 13.1. The maximum absolute atomic E-state index is 13.1. The van der Waals surface area contributed by atoms with Gasteiger partial charge in [-0.3, -0.25) is 4.79 Å². The second-order valence-corrected chi connectivity index (χ2v) is 7.75. The molecule has 0 aliphatic carbocycles. The van der Waals surface area contributed by atoms with Gasteiger partial charge in [-0.1, -0.05) is 42.8 Å². The van der Waals surface area contributed by atoms with Crippen LogP contribution in [-0.2, 0) is 6.42 Å². The van der Waals surface area contributed by atoms with Crippen molar-refractivity contribution in [1.82, 2.24) is 4.57 Å². The Kier molecular flexibility index (Phi) is 5.33. The number of hydrogen-bond acceptors (Lipinski definition) is 2. The van der Waals surface area contributed by atoms with Gasteiger partial charge >= 0.3 is 0 Å². The van der Waals surface area contributed by atoms with E-state index in [1.165, 1.54) is 16.9 Å². The van der Waals surface area contributed by atoms with E-state index >= 15 is 0 Å². The van der Waals surface area contributed by atoms with Crippen molar-refractivity contribution in [3.8, 4) is 16.8 Å². The highest BCUT2D eigenvalue weighted by Crippen LogP contribution is 2.36. The normalized spacial score (nSPS) is 10.8. The van der Waals surface area contributed by atoms with Crippen LogP contribution in [0.3, 0.4) is 0 Å². The smallest absolute Gasteiger partial charge is 0.267 e. The quantitative estimate of drug-likeness (QED) is 0.394. The van der Waals surface area contributed by atoms with E-state index in [9.17, 15) is 4.79 Å². The summed E-state index contributed by atoms with van der Waals surface area (Å²) in [4.78, 5) is 13.8. The molecular weight excluding hydrogens is 388 g/mol. The number of nitrogens with zero attached hydrogens (tertiary/aromatic N) is 1. The fourth-order valence-electron chi connectivity index (χ4n) is 3.14. The van der Waals surface area contributed by atoms with Crippen LogP contribution in [0.15, 0.2) is 78.4 Å². The molecule has 4 rings (SSSR count). The summed E-state index contributed by atoms with van der Waals surface area (Å²) >= 11 is 7.49. The van der Waals surface area contributed by atoms with E-state index in [0.717, 1.165) is 28.9 Å². The number of hydrogen-bond donors (Lipinski definition) is 1. The SMILES string of the molecule is CCc1cccc(NC(=O)c2scc(-c3ccc(Cl)cc3)c2-n2cccc2)c1. The monoisotopic (exact) mass is 406 g/mol. The van der Waals surface area contributed by atoms with Crippen molar-refractivity contribution in [2.75, 3.05) is 5.32 Å². The number of nitrogens with one attached hydrogen (secondary N) is 1. The molecule has 2 aromatic heterocycles. The Morgan fingerprint density at radius 1 is 1.07 bits per heavy atom. The molecule has 0 fully saturated rings. The first-order chi connectivity index (χ1) is 13.7. The summed E-state index contributed by atoms with van der Waals surface area (Å²) in [5, 5.41) is 5.76. The lowest BCUT2D eigenvalue weighted by Gasteiger charge is -2.11. The third-order valence-electron chi connectivity index (χ3n) is 4.58. The van der Waals surface area contributed by atoms with Crippen molar-refractivity contribution < 1.29 is 4.79 Å². The number of amides is 1. The van der Waals surface area contributed by atoms with Gasteiger partial charge in [0, 0.05) is 34.0 Å². The van der Waals surface area contributed by atoms with Crippen LogP contribution in [-0.4, -0.2) is 10.5 Å². The Morgan fingerprint density at radius 2 is 1.82 bits per heavy atom. The molecule has 0 aliphatic rings. The van der Waals surface area contributed by atoms with Gasteiger partial charge in [0.05, 0.1) is 5.69 Å². The number of halogens is 1. The molecule has 4 aromatic rings. The second-order valence-electron chi connectivity index (χ2n) is 6.43. The van der Waals surface area contributed by atoms with E-state index in [4.69, 9.17) is 11.6 Å². The van der Waals surface area contributed by atoms with Crippen molar-refractivity contribution in [1.29, 1.82) is 0 Å². The Morgan fingerprint density at radius 3 is 2.54 bits per heavy atom. The Balaban J connectivity index is 1.74. The third-order valence-corrected chi connectivity index (χ3v) is 5.80. The molecule has 0 unspecified atom stereocenters. The second kappa shape index (κ2) is 8.05. The van der Waals surface area contributed by atoms with Crippen molar-refractivity contribution in [3.63, 3.8) is 0 Å². The van der Waals surface area contributed by atoms with Crippen LogP contribution >= 0.6 is 22.9 Å². The molecule has 1 amide bonds. The molecule has 0 saturated carbocycles. The Bertz CT molecular complexity index is 1100. The van der Waals surface area contributed by atoms with Crippen LogP contribution < -0.4 is 5.32 Å². The fourth-order valence-corrected chi connectivity index (χ4v) is 4.24.